The number of carbonyl (C=O) groups is 1. The van der Waals surface area contributed by atoms with Crippen molar-refractivity contribution in [1.29, 1.82) is 0 Å². The zero-order chi connectivity index (χ0) is 26.9. The van der Waals surface area contributed by atoms with Crippen molar-refractivity contribution in [2.24, 2.45) is 0 Å². The lowest BCUT2D eigenvalue weighted by Gasteiger charge is -2.31. The predicted octanol–water partition coefficient (Wildman–Crippen LogP) is 5.83. The van der Waals surface area contributed by atoms with Crippen molar-refractivity contribution in [3.8, 4) is 28.6 Å². The number of aromatic hydroxyl groups is 2. The van der Waals surface area contributed by atoms with Gasteiger partial charge in [-0.2, -0.15) is 0 Å². The topological polar surface area (TPSA) is 100 Å². The van der Waals surface area contributed by atoms with E-state index in [0.29, 0.717) is 24.4 Å². The molecule has 2 aliphatic heterocycles. The van der Waals surface area contributed by atoms with Crippen LogP contribution in [0.1, 0.15) is 42.7 Å². The number of nitrogens with zero attached hydrogens (tertiary/aromatic N) is 1. The average Bonchev–Trinajstić information content (AvgIpc) is 2.96. The Morgan fingerprint density at radius 1 is 0.923 bits per heavy atom. The highest BCUT2D eigenvalue weighted by atomic mass is 16.5. The highest BCUT2D eigenvalue weighted by Gasteiger charge is 2.32. The van der Waals surface area contributed by atoms with Crippen LogP contribution in [0.5, 0.6) is 17.2 Å². The maximum atomic E-state index is 13.6. The van der Waals surface area contributed by atoms with E-state index in [1.165, 1.54) is 6.07 Å². The zero-order valence-electron chi connectivity index (χ0n) is 21.4. The van der Waals surface area contributed by atoms with Crippen LogP contribution in [0.4, 0.5) is 0 Å². The van der Waals surface area contributed by atoms with E-state index in [1.807, 2.05) is 65.6 Å². The predicted molar refractivity (Wildman–Crippen MR) is 149 cm³/mol. The molecule has 1 amide bonds. The van der Waals surface area contributed by atoms with E-state index in [-0.39, 0.29) is 47.0 Å². The largest absolute Gasteiger partial charge is 0.507 e. The fourth-order valence-corrected chi connectivity index (χ4v) is 5.60. The molecule has 0 saturated carbocycles. The van der Waals surface area contributed by atoms with E-state index in [0.717, 1.165) is 42.2 Å². The van der Waals surface area contributed by atoms with Gasteiger partial charge >= 0.3 is 0 Å². The second kappa shape index (κ2) is 10.3. The summed E-state index contributed by atoms with van der Waals surface area (Å²) in [7, 11) is 0. The van der Waals surface area contributed by atoms with Gasteiger partial charge in [-0.05, 0) is 37.0 Å². The first-order valence-corrected chi connectivity index (χ1v) is 13.3. The fraction of sp³-hybridized carbons (Fsp3) is 0.250. The third-order valence-electron chi connectivity index (χ3n) is 7.59. The van der Waals surface area contributed by atoms with Crippen LogP contribution in [-0.4, -0.2) is 40.7 Å². The van der Waals surface area contributed by atoms with Gasteiger partial charge in [0.1, 0.15) is 40.6 Å². The van der Waals surface area contributed by atoms with Gasteiger partial charge in [-0.3, -0.25) is 9.59 Å². The Balaban J connectivity index is 1.55. The fourth-order valence-electron chi connectivity index (χ4n) is 5.60. The van der Waals surface area contributed by atoms with Gasteiger partial charge in [-0.15, -0.1) is 0 Å². The van der Waals surface area contributed by atoms with Crippen LogP contribution in [0.2, 0.25) is 0 Å². The molecule has 6 rings (SSSR count). The molecule has 0 bridgehead atoms. The van der Waals surface area contributed by atoms with E-state index in [1.54, 1.807) is 0 Å². The SMILES string of the molecule is O=C(CC(C1=Cc2ccccc2OC1)c1c(O)cc(O)c2c(=O)cc(-c3ccccc3)oc12)N1CCCCC1. The number of likely N-dealkylation sites (tertiary alicyclic amines) is 1. The van der Waals surface area contributed by atoms with Crippen molar-refractivity contribution in [2.45, 2.75) is 31.6 Å². The Kier molecular flexibility index (Phi) is 6.57. The Labute approximate surface area is 225 Å². The number of fused-ring (bicyclic) bond motifs is 2. The van der Waals surface area contributed by atoms with Crippen LogP contribution in [0, 0.1) is 0 Å². The number of para-hydroxylation sites is 1. The first-order valence-electron chi connectivity index (χ1n) is 13.3. The summed E-state index contributed by atoms with van der Waals surface area (Å²) in [5, 5.41) is 21.9. The van der Waals surface area contributed by atoms with Crippen LogP contribution in [-0.2, 0) is 4.79 Å². The summed E-state index contributed by atoms with van der Waals surface area (Å²) in [6.45, 7) is 1.60. The molecule has 198 valence electrons. The number of hydrogen-bond acceptors (Lipinski definition) is 6. The first kappa shape index (κ1) is 24.8. The van der Waals surface area contributed by atoms with Gasteiger partial charge in [0.05, 0.1) is 0 Å². The highest BCUT2D eigenvalue weighted by molar-refractivity contribution is 5.91. The smallest absolute Gasteiger partial charge is 0.223 e. The molecule has 0 aliphatic carbocycles. The van der Waals surface area contributed by atoms with Crippen LogP contribution >= 0.6 is 0 Å². The maximum Gasteiger partial charge on any atom is 0.223 e. The van der Waals surface area contributed by atoms with E-state index < -0.39 is 11.3 Å². The number of hydrogen-bond donors (Lipinski definition) is 2. The average molecular weight is 524 g/mol. The molecule has 7 heteroatoms. The van der Waals surface area contributed by atoms with Gasteiger partial charge in [-0.25, -0.2) is 0 Å². The summed E-state index contributed by atoms with van der Waals surface area (Å²) in [5.74, 6) is -0.268. The summed E-state index contributed by atoms with van der Waals surface area (Å²) < 4.78 is 12.3. The standard InChI is InChI=1S/C32H29NO6/c34-24-17-25(35)31-26(36)18-28(20-9-3-1-4-10-20)39-32(31)30(24)23(16-29(37)33-13-7-2-8-14-33)22-15-21-11-5-6-12-27(21)38-19-22/h1,3-6,9-12,15,17-18,23,34-35H,2,7-8,13-14,16,19H2. The normalized spacial score (nSPS) is 15.8. The minimum Gasteiger partial charge on any atom is -0.507 e. The minimum atomic E-state index is -0.648. The zero-order valence-corrected chi connectivity index (χ0v) is 21.4. The Hall–Kier alpha value is -4.52. The van der Waals surface area contributed by atoms with E-state index in [9.17, 15) is 19.8 Å². The number of phenolic OH excluding ortho intramolecular Hbond substituents is 2. The highest BCUT2D eigenvalue weighted by Crippen LogP contribution is 2.45. The van der Waals surface area contributed by atoms with Crippen molar-refractivity contribution in [2.75, 3.05) is 19.7 Å². The van der Waals surface area contributed by atoms with Crippen molar-refractivity contribution < 1.29 is 24.2 Å². The summed E-state index contributed by atoms with van der Waals surface area (Å²) in [5.41, 5.74) is 2.24. The Morgan fingerprint density at radius 2 is 1.67 bits per heavy atom. The Morgan fingerprint density at radius 3 is 2.46 bits per heavy atom. The molecule has 1 aromatic heterocycles. The maximum absolute atomic E-state index is 13.6. The number of amides is 1. The van der Waals surface area contributed by atoms with Gasteiger partial charge < -0.3 is 24.3 Å². The summed E-state index contributed by atoms with van der Waals surface area (Å²) >= 11 is 0. The van der Waals surface area contributed by atoms with Crippen molar-refractivity contribution in [3.63, 3.8) is 0 Å². The molecule has 1 fully saturated rings. The third-order valence-corrected chi connectivity index (χ3v) is 7.59. The molecule has 1 atom stereocenters. The molecule has 1 unspecified atom stereocenters. The van der Waals surface area contributed by atoms with Crippen LogP contribution in [0.3, 0.4) is 0 Å². The van der Waals surface area contributed by atoms with E-state index >= 15 is 0 Å². The number of ether oxygens (including phenoxy) is 1. The molecule has 2 aliphatic rings. The number of benzene rings is 3. The lowest BCUT2D eigenvalue weighted by molar-refractivity contribution is -0.132. The number of piperidine rings is 1. The Bertz CT molecular complexity index is 1630. The molecule has 2 N–H and O–H groups in total. The molecular weight excluding hydrogens is 494 g/mol. The van der Waals surface area contributed by atoms with Gasteiger partial charge in [0.25, 0.3) is 0 Å². The third kappa shape index (κ3) is 4.76. The number of carbonyl (C=O) groups excluding carboxylic acids is 1. The molecule has 1 saturated heterocycles. The summed E-state index contributed by atoms with van der Waals surface area (Å²) in [6.07, 6.45) is 5.05. The van der Waals surface area contributed by atoms with Gasteiger partial charge in [-0.1, -0.05) is 48.5 Å². The van der Waals surface area contributed by atoms with Crippen molar-refractivity contribution >= 4 is 23.0 Å². The molecule has 4 aromatic rings. The summed E-state index contributed by atoms with van der Waals surface area (Å²) in [4.78, 5) is 28.7. The van der Waals surface area contributed by atoms with Crippen molar-refractivity contribution in [3.05, 3.63) is 93.7 Å². The molecule has 0 spiro atoms. The first-order chi connectivity index (χ1) is 19.0. The quantitative estimate of drug-likeness (QED) is 0.341. The van der Waals surface area contributed by atoms with Gasteiger partial charge in [0.2, 0.25) is 5.91 Å². The lowest BCUT2D eigenvalue weighted by Crippen LogP contribution is -2.36. The van der Waals surface area contributed by atoms with Crippen LogP contribution in [0.25, 0.3) is 28.4 Å². The number of rotatable bonds is 5. The second-order valence-corrected chi connectivity index (χ2v) is 10.1. The summed E-state index contributed by atoms with van der Waals surface area (Å²) in [6, 6.07) is 19.3. The van der Waals surface area contributed by atoms with E-state index in [2.05, 4.69) is 0 Å². The van der Waals surface area contributed by atoms with Crippen LogP contribution < -0.4 is 10.2 Å². The molecule has 7 nitrogen and oxygen atoms in total. The van der Waals surface area contributed by atoms with Gasteiger partial charge in [0, 0.05) is 54.3 Å². The lowest BCUT2D eigenvalue weighted by atomic mass is 9.84. The molecule has 3 aromatic carbocycles. The second-order valence-electron chi connectivity index (χ2n) is 10.1. The van der Waals surface area contributed by atoms with Crippen LogP contribution in [0.15, 0.2) is 81.5 Å². The van der Waals surface area contributed by atoms with Crippen molar-refractivity contribution in [1.82, 2.24) is 4.90 Å². The molecule has 39 heavy (non-hydrogen) atoms. The van der Waals surface area contributed by atoms with E-state index in [4.69, 9.17) is 9.15 Å². The minimum absolute atomic E-state index is 0.0318. The molecule has 0 radical (unpaired) electrons. The van der Waals surface area contributed by atoms with Gasteiger partial charge in [0.15, 0.2) is 5.43 Å². The monoisotopic (exact) mass is 523 g/mol. The molecular formula is C32H29NO6. The molecule has 3 heterocycles. The number of phenols is 2.